The Hall–Kier alpha value is -1.64. The summed E-state index contributed by atoms with van der Waals surface area (Å²) in [7, 11) is 3.99. The molecule has 0 aliphatic rings. The van der Waals surface area contributed by atoms with Crippen LogP contribution < -0.4 is 22.9 Å². The third-order valence-electron chi connectivity index (χ3n) is 3.97. The highest BCUT2D eigenvalue weighted by Gasteiger charge is 2.20. The van der Waals surface area contributed by atoms with Gasteiger partial charge in [0, 0.05) is 12.6 Å². The summed E-state index contributed by atoms with van der Waals surface area (Å²) in [5, 5.41) is 11.0. The van der Waals surface area contributed by atoms with Crippen LogP contribution in [-0.2, 0) is 13.0 Å². The zero-order valence-corrected chi connectivity index (χ0v) is 18.2. The fourth-order valence-electron chi connectivity index (χ4n) is 2.67. The minimum Gasteiger partial charge on any atom is -1.00 e. The third-order valence-corrected chi connectivity index (χ3v) is 5.69. The number of fused-ring (bicyclic) bond motifs is 1. The molecule has 2 heterocycles. The summed E-state index contributed by atoms with van der Waals surface area (Å²) in [4.78, 5) is 31.7. The number of aromatic hydroxyl groups is 1. The van der Waals surface area contributed by atoms with Crippen LogP contribution in [0.1, 0.15) is 27.3 Å². The topological polar surface area (TPSA) is 76.1 Å². The van der Waals surface area contributed by atoms with Gasteiger partial charge in [0.05, 0.1) is 29.0 Å². The standard InChI is InChI=1S/C18H17Cl2N3O3S.ClH/c1-22(2)8-11-9-23-17(26)16(25)15(21-18(23)27-11)14(24)6-4-10-3-5-12(19)13(20)7-10;/h3,5,7,9,25H,4,6,8H2,1-2H3;1H. The normalized spacial score (nSPS) is 11.0. The van der Waals surface area contributed by atoms with Crippen molar-refractivity contribution in [3.8, 4) is 5.75 Å². The zero-order chi connectivity index (χ0) is 19.7. The number of carbonyl (C=O) groups excluding carboxylic acids is 1. The highest BCUT2D eigenvalue weighted by atomic mass is 35.5. The predicted octanol–water partition coefficient (Wildman–Crippen LogP) is -0.768. The summed E-state index contributed by atoms with van der Waals surface area (Å²) < 4.78 is 1.29. The molecular formula is C18H18Cl3N3O3S. The van der Waals surface area contributed by atoms with E-state index in [1.165, 1.54) is 20.6 Å². The molecule has 2 N–H and O–H groups in total. The van der Waals surface area contributed by atoms with Crippen molar-refractivity contribution in [2.75, 3.05) is 14.1 Å². The first-order chi connectivity index (χ1) is 12.8. The lowest BCUT2D eigenvalue weighted by molar-refractivity contribution is -0.872. The van der Waals surface area contributed by atoms with E-state index in [1.54, 1.807) is 24.4 Å². The fraction of sp³-hybridized carbons (Fsp3) is 0.278. The molecule has 28 heavy (non-hydrogen) atoms. The van der Waals surface area contributed by atoms with Gasteiger partial charge in [-0.15, -0.1) is 0 Å². The highest BCUT2D eigenvalue weighted by molar-refractivity contribution is 7.17. The van der Waals surface area contributed by atoms with Gasteiger partial charge in [0.15, 0.2) is 16.4 Å². The maximum Gasteiger partial charge on any atom is 0.301 e. The van der Waals surface area contributed by atoms with Gasteiger partial charge in [0.1, 0.15) is 6.54 Å². The van der Waals surface area contributed by atoms with Gasteiger partial charge in [-0.2, -0.15) is 0 Å². The Labute approximate surface area is 181 Å². The van der Waals surface area contributed by atoms with Crippen LogP contribution in [0.15, 0.2) is 29.2 Å². The molecule has 0 aliphatic carbocycles. The molecule has 0 spiro atoms. The van der Waals surface area contributed by atoms with Crippen LogP contribution >= 0.6 is 34.5 Å². The number of ketones is 1. The Bertz CT molecular complexity index is 1080. The molecule has 1 aromatic carbocycles. The molecule has 3 aromatic rings. The number of carbonyl (C=O) groups is 1. The Morgan fingerprint density at radius 3 is 2.64 bits per heavy atom. The van der Waals surface area contributed by atoms with Gasteiger partial charge in [-0.25, -0.2) is 4.98 Å². The largest absolute Gasteiger partial charge is 1.00 e. The van der Waals surface area contributed by atoms with Gasteiger partial charge >= 0.3 is 5.56 Å². The number of nitrogens with one attached hydrogen (secondary N) is 1. The summed E-state index contributed by atoms with van der Waals surface area (Å²) in [6.07, 6.45) is 2.15. The number of aromatic nitrogens is 2. The highest BCUT2D eigenvalue weighted by Crippen LogP contribution is 2.24. The average molecular weight is 463 g/mol. The number of thiazole rings is 1. The van der Waals surface area contributed by atoms with Crippen molar-refractivity contribution in [2.45, 2.75) is 19.4 Å². The summed E-state index contributed by atoms with van der Waals surface area (Å²) in [6.45, 7) is 0.717. The summed E-state index contributed by atoms with van der Waals surface area (Å²) >= 11 is 13.2. The SMILES string of the molecule is C[NH+](C)Cc1cn2c(=O)c(O)c(C(=O)CCc3ccc(Cl)c(Cl)c3)nc2s1.[Cl-]. The number of halogens is 3. The number of benzene rings is 1. The molecule has 0 fully saturated rings. The lowest BCUT2D eigenvalue weighted by Gasteiger charge is -2.05. The molecule has 0 bridgehead atoms. The van der Waals surface area contributed by atoms with Gasteiger partial charge in [0.25, 0.3) is 0 Å². The van der Waals surface area contributed by atoms with Crippen molar-refractivity contribution < 1.29 is 27.2 Å². The van der Waals surface area contributed by atoms with Crippen LogP contribution in [0, 0.1) is 0 Å². The van der Waals surface area contributed by atoms with E-state index >= 15 is 0 Å². The molecule has 0 unspecified atom stereocenters. The van der Waals surface area contributed by atoms with Crippen molar-refractivity contribution in [1.29, 1.82) is 0 Å². The third kappa shape index (κ3) is 4.85. The quantitative estimate of drug-likeness (QED) is 0.472. The van der Waals surface area contributed by atoms with E-state index in [1.807, 2.05) is 14.1 Å². The van der Waals surface area contributed by atoms with Crippen molar-refractivity contribution in [3.05, 3.63) is 60.9 Å². The number of quaternary nitrogens is 1. The second-order valence-corrected chi connectivity index (χ2v) is 8.43. The van der Waals surface area contributed by atoms with Crippen LogP contribution in [0.2, 0.25) is 10.0 Å². The minimum absolute atomic E-state index is 0. The smallest absolute Gasteiger partial charge is 0.301 e. The molecule has 0 radical (unpaired) electrons. The molecule has 0 amide bonds. The lowest BCUT2D eigenvalue weighted by atomic mass is 10.1. The number of hydrogen-bond acceptors (Lipinski definition) is 5. The van der Waals surface area contributed by atoms with E-state index in [9.17, 15) is 14.7 Å². The Kier molecular flexibility index (Phi) is 7.47. The molecule has 0 atom stereocenters. The van der Waals surface area contributed by atoms with Crippen molar-refractivity contribution in [3.63, 3.8) is 0 Å². The fourth-order valence-corrected chi connectivity index (χ4v) is 4.12. The first kappa shape index (κ1) is 22.6. The van der Waals surface area contributed by atoms with Crippen molar-refractivity contribution in [1.82, 2.24) is 9.38 Å². The Morgan fingerprint density at radius 2 is 2.00 bits per heavy atom. The minimum atomic E-state index is -0.630. The summed E-state index contributed by atoms with van der Waals surface area (Å²) in [5.41, 5.74) is 0.0159. The van der Waals surface area contributed by atoms with Gasteiger partial charge in [-0.05, 0) is 24.1 Å². The maximum absolute atomic E-state index is 12.5. The number of nitrogens with zero attached hydrogens (tertiary/aromatic N) is 2. The molecule has 10 heteroatoms. The second kappa shape index (κ2) is 9.24. The van der Waals surface area contributed by atoms with Crippen molar-refractivity contribution in [2.24, 2.45) is 0 Å². The van der Waals surface area contributed by atoms with Crippen molar-refractivity contribution >= 4 is 45.3 Å². The van der Waals surface area contributed by atoms with Gasteiger partial charge in [0.2, 0.25) is 5.75 Å². The number of rotatable bonds is 6. The average Bonchev–Trinajstić information content (AvgIpc) is 3.00. The maximum atomic E-state index is 12.5. The monoisotopic (exact) mass is 461 g/mol. The first-order valence-electron chi connectivity index (χ1n) is 8.26. The van der Waals surface area contributed by atoms with Crippen LogP contribution in [0.25, 0.3) is 4.96 Å². The van der Waals surface area contributed by atoms with Crippen LogP contribution in [0.4, 0.5) is 0 Å². The lowest BCUT2D eigenvalue weighted by Crippen LogP contribution is -3.04. The summed E-state index contributed by atoms with van der Waals surface area (Å²) in [6, 6.07) is 5.14. The zero-order valence-electron chi connectivity index (χ0n) is 15.1. The van der Waals surface area contributed by atoms with Gasteiger partial charge in [-0.1, -0.05) is 40.6 Å². The van der Waals surface area contributed by atoms with Crippen LogP contribution in [0.3, 0.4) is 0 Å². The molecule has 0 saturated heterocycles. The first-order valence-corrected chi connectivity index (χ1v) is 9.83. The van der Waals surface area contributed by atoms with Crippen LogP contribution in [-0.4, -0.2) is 34.4 Å². The number of aryl methyl sites for hydroxylation is 1. The molecule has 3 rings (SSSR count). The van der Waals surface area contributed by atoms with E-state index in [-0.39, 0.29) is 24.5 Å². The summed E-state index contributed by atoms with van der Waals surface area (Å²) in [5.74, 6) is -1.01. The number of Topliss-reactive ketones (excluding diaryl/α,β-unsaturated/α-hetero) is 1. The van der Waals surface area contributed by atoms with Gasteiger partial charge < -0.3 is 22.4 Å². The van der Waals surface area contributed by atoms with E-state index < -0.39 is 17.1 Å². The Morgan fingerprint density at radius 1 is 1.29 bits per heavy atom. The Balaban J connectivity index is 0.00000280. The van der Waals surface area contributed by atoms with E-state index in [0.29, 0.717) is 21.4 Å². The van der Waals surface area contributed by atoms with E-state index in [2.05, 4.69) is 4.98 Å². The number of hydrogen-bond donors (Lipinski definition) is 2. The van der Waals surface area contributed by atoms with E-state index in [4.69, 9.17) is 23.2 Å². The predicted molar refractivity (Wildman–Crippen MR) is 107 cm³/mol. The molecule has 0 saturated carbocycles. The van der Waals surface area contributed by atoms with E-state index in [0.717, 1.165) is 17.0 Å². The molecular weight excluding hydrogens is 445 g/mol. The molecule has 0 aliphatic heterocycles. The second-order valence-electron chi connectivity index (χ2n) is 6.52. The van der Waals surface area contributed by atoms with Crippen LogP contribution in [0.5, 0.6) is 5.75 Å². The molecule has 150 valence electrons. The molecule has 2 aromatic heterocycles. The van der Waals surface area contributed by atoms with Gasteiger partial charge in [-0.3, -0.25) is 14.0 Å². The molecule has 6 nitrogen and oxygen atoms in total.